The van der Waals surface area contributed by atoms with Crippen LogP contribution in [0.5, 0.6) is 5.75 Å². The Morgan fingerprint density at radius 1 is 1.12 bits per heavy atom. The summed E-state index contributed by atoms with van der Waals surface area (Å²) >= 11 is 0. The Morgan fingerprint density at radius 3 is 2.77 bits per heavy atom. The van der Waals surface area contributed by atoms with E-state index in [0.29, 0.717) is 11.4 Å². The van der Waals surface area contributed by atoms with E-state index in [0.717, 1.165) is 53.7 Å². The van der Waals surface area contributed by atoms with Crippen LogP contribution in [0.25, 0.3) is 22.4 Å². The number of ether oxygens (including phenoxy) is 1. The molecule has 130 valence electrons. The van der Waals surface area contributed by atoms with Gasteiger partial charge in [-0.25, -0.2) is 0 Å². The Bertz CT molecular complexity index is 1030. The molecule has 0 amide bonds. The van der Waals surface area contributed by atoms with Crippen LogP contribution in [0.1, 0.15) is 36.5 Å². The number of hydrogen-bond donors (Lipinski definition) is 0. The minimum Gasteiger partial charge on any atom is -0.496 e. The maximum Gasteiger partial charge on any atom is 0.174 e. The molecule has 0 unspecified atom stereocenters. The van der Waals surface area contributed by atoms with Crippen LogP contribution in [-0.4, -0.2) is 21.9 Å². The number of nitriles is 1. The lowest BCUT2D eigenvalue weighted by Crippen LogP contribution is -2.05. The number of rotatable bonds is 3. The van der Waals surface area contributed by atoms with Crippen LogP contribution < -0.4 is 4.74 Å². The van der Waals surface area contributed by atoms with Gasteiger partial charge in [-0.1, -0.05) is 36.8 Å². The van der Waals surface area contributed by atoms with Gasteiger partial charge in [-0.3, -0.25) is 0 Å². The summed E-state index contributed by atoms with van der Waals surface area (Å²) in [5.74, 6) is 2.48. The summed E-state index contributed by atoms with van der Waals surface area (Å²) < 4.78 is 7.57. The topological polar surface area (TPSA) is 63.7 Å². The summed E-state index contributed by atoms with van der Waals surface area (Å²) in [6.07, 6.45) is 6.26. The minimum atomic E-state index is 0.543. The largest absolute Gasteiger partial charge is 0.496 e. The molecule has 0 radical (unpaired) electrons. The molecule has 5 nitrogen and oxygen atoms in total. The zero-order chi connectivity index (χ0) is 17.9. The second-order valence-electron chi connectivity index (χ2n) is 6.47. The van der Waals surface area contributed by atoms with Crippen molar-refractivity contribution in [3.05, 3.63) is 53.6 Å². The molecule has 4 rings (SSSR count). The van der Waals surface area contributed by atoms with Gasteiger partial charge in [0.05, 0.1) is 12.7 Å². The SMILES string of the molecule is COc1ccc(/C=C(/C#N)c2nnc3n2CCCCC3)c2ccccc12. The summed E-state index contributed by atoms with van der Waals surface area (Å²) in [7, 11) is 1.67. The molecule has 0 N–H and O–H groups in total. The number of fused-ring (bicyclic) bond motifs is 2. The van der Waals surface area contributed by atoms with Crippen LogP contribution >= 0.6 is 0 Å². The first-order valence-electron chi connectivity index (χ1n) is 8.92. The van der Waals surface area contributed by atoms with Crippen molar-refractivity contribution in [2.75, 3.05) is 7.11 Å². The molecule has 3 aromatic rings. The summed E-state index contributed by atoms with van der Waals surface area (Å²) in [5.41, 5.74) is 1.52. The summed E-state index contributed by atoms with van der Waals surface area (Å²) in [6, 6.07) is 14.3. The van der Waals surface area contributed by atoms with Gasteiger partial charge in [-0.15, -0.1) is 10.2 Å². The van der Waals surface area contributed by atoms with E-state index in [1.807, 2.05) is 42.5 Å². The standard InChI is InChI=1S/C21H20N4O/c1-26-19-11-10-15(17-7-4-5-8-18(17)19)13-16(14-22)21-24-23-20-9-3-2-6-12-25(20)21/h4-5,7-8,10-11,13H,2-3,6,9,12H2,1H3/b16-13-. The minimum absolute atomic E-state index is 0.543. The molecule has 0 spiro atoms. The second-order valence-corrected chi connectivity index (χ2v) is 6.47. The molecule has 1 aliphatic heterocycles. The van der Waals surface area contributed by atoms with E-state index in [2.05, 4.69) is 20.8 Å². The molecule has 0 bridgehead atoms. The maximum atomic E-state index is 9.78. The van der Waals surface area contributed by atoms with Crippen LogP contribution in [0.2, 0.25) is 0 Å². The van der Waals surface area contributed by atoms with Crippen molar-refractivity contribution in [2.45, 2.75) is 32.2 Å². The molecular formula is C21H20N4O. The van der Waals surface area contributed by atoms with Crippen molar-refractivity contribution in [1.82, 2.24) is 14.8 Å². The van der Waals surface area contributed by atoms with Crippen molar-refractivity contribution < 1.29 is 4.74 Å². The molecule has 1 aliphatic rings. The molecule has 1 aromatic heterocycles. The van der Waals surface area contributed by atoms with Gasteiger partial charge in [0.2, 0.25) is 0 Å². The summed E-state index contributed by atoms with van der Waals surface area (Å²) in [6.45, 7) is 0.875. The Hall–Kier alpha value is -3.13. The van der Waals surface area contributed by atoms with Gasteiger partial charge in [0, 0.05) is 18.4 Å². The smallest absolute Gasteiger partial charge is 0.174 e. The number of allylic oxidation sites excluding steroid dienone is 1. The Labute approximate surface area is 152 Å². The fourth-order valence-electron chi connectivity index (χ4n) is 3.59. The molecule has 0 saturated heterocycles. The third-order valence-corrected chi connectivity index (χ3v) is 4.91. The highest BCUT2D eigenvalue weighted by atomic mass is 16.5. The number of benzene rings is 2. The highest BCUT2D eigenvalue weighted by Gasteiger charge is 2.18. The molecule has 0 atom stereocenters. The lowest BCUT2D eigenvalue weighted by molar-refractivity contribution is 0.420. The predicted molar refractivity (Wildman–Crippen MR) is 102 cm³/mol. The zero-order valence-corrected chi connectivity index (χ0v) is 14.8. The van der Waals surface area contributed by atoms with Crippen LogP contribution in [0, 0.1) is 11.3 Å². The molecule has 5 heteroatoms. The van der Waals surface area contributed by atoms with Crippen LogP contribution in [0.15, 0.2) is 36.4 Å². The first-order valence-corrected chi connectivity index (χ1v) is 8.92. The molecule has 0 saturated carbocycles. The summed E-state index contributed by atoms with van der Waals surface area (Å²) in [5, 5.41) is 20.5. The van der Waals surface area contributed by atoms with E-state index in [1.54, 1.807) is 7.11 Å². The third-order valence-electron chi connectivity index (χ3n) is 4.91. The second kappa shape index (κ2) is 7.01. The van der Waals surface area contributed by atoms with Gasteiger partial charge in [0.1, 0.15) is 17.6 Å². The average Bonchev–Trinajstić information content (AvgIpc) is 2.93. The van der Waals surface area contributed by atoms with Gasteiger partial charge in [0.15, 0.2) is 5.82 Å². The van der Waals surface area contributed by atoms with Gasteiger partial charge in [-0.2, -0.15) is 5.26 Å². The van der Waals surface area contributed by atoms with Gasteiger partial charge in [-0.05, 0) is 35.9 Å². The number of nitrogens with zero attached hydrogens (tertiary/aromatic N) is 4. The van der Waals surface area contributed by atoms with Crippen molar-refractivity contribution in [2.24, 2.45) is 0 Å². The van der Waals surface area contributed by atoms with E-state index >= 15 is 0 Å². The fourth-order valence-corrected chi connectivity index (χ4v) is 3.59. The maximum absolute atomic E-state index is 9.78. The Balaban J connectivity index is 1.84. The van der Waals surface area contributed by atoms with E-state index in [4.69, 9.17) is 4.74 Å². The molecule has 2 heterocycles. The molecule has 2 aromatic carbocycles. The Morgan fingerprint density at radius 2 is 1.96 bits per heavy atom. The third kappa shape index (κ3) is 2.84. The number of methoxy groups -OCH3 is 1. The number of aryl methyl sites for hydroxylation is 1. The molecule has 26 heavy (non-hydrogen) atoms. The molecule has 0 aliphatic carbocycles. The summed E-state index contributed by atoms with van der Waals surface area (Å²) in [4.78, 5) is 0. The number of aromatic nitrogens is 3. The van der Waals surface area contributed by atoms with Gasteiger partial charge >= 0.3 is 0 Å². The fraction of sp³-hybridized carbons (Fsp3) is 0.286. The average molecular weight is 344 g/mol. The van der Waals surface area contributed by atoms with Crippen LogP contribution in [0.4, 0.5) is 0 Å². The van der Waals surface area contributed by atoms with Crippen LogP contribution in [0.3, 0.4) is 0 Å². The van der Waals surface area contributed by atoms with Gasteiger partial charge < -0.3 is 9.30 Å². The van der Waals surface area contributed by atoms with Crippen molar-refractivity contribution in [3.8, 4) is 11.8 Å². The normalized spacial score (nSPS) is 14.5. The Kier molecular flexibility index (Phi) is 4.40. The zero-order valence-electron chi connectivity index (χ0n) is 14.8. The van der Waals surface area contributed by atoms with Crippen molar-refractivity contribution in [3.63, 3.8) is 0 Å². The first kappa shape index (κ1) is 16.3. The monoisotopic (exact) mass is 344 g/mol. The van der Waals surface area contributed by atoms with Crippen molar-refractivity contribution in [1.29, 1.82) is 5.26 Å². The van der Waals surface area contributed by atoms with E-state index in [9.17, 15) is 5.26 Å². The lowest BCUT2D eigenvalue weighted by Gasteiger charge is -2.09. The highest BCUT2D eigenvalue weighted by molar-refractivity contribution is 5.99. The van der Waals surface area contributed by atoms with Crippen LogP contribution in [-0.2, 0) is 13.0 Å². The first-order chi connectivity index (χ1) is 12.8. The molecular weight excluding hydrogens is 324 g/mol. The van der Waals surface area contributed by atoms with E-state index in [1.165, 1.54) is 6.42 Å². The van der Waals surface area contributed by atoms with Crippen molar-refractivity contribution >= 4 is 22.4 Å². The van der Waals surface area contributed by atoms with Gasteiger partial charge in [0.25, 0.3) is 0 Å². The number of hydrogen-bond acceptors (Lipinski definition) is 4. The lowest BCUT2D eigenvalue weighted by atomic mass is 10.0. The van der Waals surface area contributed by atoms with E-state index < -0.39 is 0 Å². The predicted octanol–water partition coefficient (Wildman–Crippen LogP) is 4.23. The highest BCUT2D eigenvalue weighted by Crippen LogP contribution is 2.31. The molecule has 0 fully saturated rings. The quantitative estimate of drug-likeness (QED) is 0.667. The van der Waals surface area contributed by atoms with E-state index in [-0.39, 0.29) is 0 Å².